The van der Waals surface area contributed by atoms with E-state index in [4.69, 9.17) is 11.6 Å². The molecule has 2 heterocycles. The maximum absolute atomic E-state index is 12.5. The zero-order valence-electron chi connectivity index (χ0n) is 11.8. The summed E-state index contributed by atoms with van der Waals surface area (Å²) in [4.78, 5) is 14.4. The van der Waals surface area contributed by atoms with Gasteiger partial charge >= 0.3 is 0 Å². The van der Waals surface area contributed by atoms with E-state index in [2.05, 4.69) is 5.10 Å². The average Bonchev–Trinajstić information content (AvgIpc) is 3.05. The Morgan fingerprint density at radius 2 is 2.14 bits per heavy atom. The number of rotatable bonds is 3. The zero-order chi connectivity index (χ0) is 14.7. The summed E-state index contributed by atoms with van der Waals surface area (Å²) in [7, 11) is 0. The van der Waals surface area contributed by atoms with Gasteiger partial charge in [-0.25, -0.2) is 4.68 Å². The van der Waals surface area contributed by atoms with E-state index in [-0.39, 0.29) is 5.91 Å². The number of hydrogen-bond acceptors (Lipinski definition) is 2. The Hall–Kier alpha value is -1.81. The molecular formula is C16H18ClN3O. The maximum Gasteiger partial charge on any atom is 0.257 e. The first-order chi connectivity index (χ1) is 10.3. The summed E-state index contributed by atoms with van der Waals surface area (Å²) in [6.45, 7) is 1.56. The Balaban J connectivity index is 1.75. The lowest BCUT2D eigenvalue weighted by molar-refractivity contribution is 0.0685. The molecule has 1 fully saturated rings. The van der Waals surface area contributed by atoms with Crippen molar-refractivity contribution in [3.05, 3.63) is 48.3 Å². The minimum atomic E-state index is 0.0481. The molecule has 0 radical (unpaired) electrons. The summed E-state index contributed by atoms with van der Waals surface area (Å²) in [5.41, 5.74) is 1.59. The molecule has 0 bridgehead atoms. The number of aromatic nitrogens is 2. The van der Waals surface area contributed by atoms with Crippen molar-refractivity contribution in [2.75, 3.05) is 19.0 Å². The van der Waals surface area contributed by atoms with E-state index in [0.717, 1.165) is 31.6 Å². The number of carbonyl (C=O) groups is 1. The number of hydrogen-bond donors (Lipinski definition) is 0. The monoisotopic (exact) mass is 303 g/mol. The molecule has 1 aliphatic rings. The Bertz CT molecular complexity index is 611. The van der Waals surface area contributed by atoms with E-state index < -0.39 is 0 Å². The predicted octanol–water partition coefficient (Wildman–Crippen LogP) is 2.96. The number of benzene rings is 1. The highest BCUT2D eigenvalue weighted by Crippen LogP contribution is 2.20. The lowest BCUT2D eigenvalue weighted by atomic mass is 9.99. The van der Waals surface area contributed by atoms with E-state index in [1.54, 1.807) is 17.1 Å². The molecular weight excluding hydrogens is 286 g/mol. The number of amides is 1. The number of carbonyl (C=O) groups excluding carboxylic acids is 1. The van der Waals surface area contributed by atoms with E-state index >= 15 is 0 Å². The van der Waals surface area contributed by atoms with Crippen LogP contribution in [0.25, 0.3) is 5.69 Å². The number of para-hydroxylation sites is 1. The maximum atomic E-state index is 12.5. The predicted molar refractivity (Wildman–Crippen MR) is 82.9 cm³/mol. The Labute approximate surface area is 129 Å². The Morgan fingerprint density at radius 3 is 2.90 bits per heavy atom. The van der Waals surface area contributed by atoms with Crippen molar-refractivity contribution in [3.63, 3.8) is 0 Å². The summed E-state index contributed by atoms with van der Waals surface area (Å²) in [5.74, 6) is 1.08. The van der Waals surface area contributed by atoms with Gasteiger partial charge in [-0.3, -0.25) is 4.79 Å². The van der Waals surface area contributed by atoms with Gasteiger partial charge in [0.25, 0.3) is 5.91 Å². The molecule has 0 spiro atoms. The van der Waals surface area contributed by atoms with Crippen molar-refractivity contribution in [3.8, 4) is 5.69 Å². The molecule has 1 unspecified atom stereocenters. The Kier molecular flexibility index (Phi) is 4.25. The van der Waals surface area contributed by atoms with Crippen LogP contribution in [0.5, 0.6) is 0 Å². The molecule has 0 aliphatic carbocycles. The van der Waals surface area contributed by atoms with Gasteiger partial charge in [-0.2, -0.15) is 5.10 Å². The van der Waals surface area contributed by atoms with Gasteiger partial charge in [0.2, 0.25) is 0 Å². The summed E-state index contributed by atoms with van der Waals surface area (Å²) >= 11 is 5.93. The quantitative estimate of drug-likeness (QED) is 0.818. The number of nitrogens with zero attached hydrogens (tertiary/aromatic N) is 3. The topological polar surface area (TPSA) is 38.1 Å². The van der Waals surface area contributed by atoms with E-state index in [0.29, 0.717) is 17.4 Å². The first kappa shape index (κ1) is 14.1. The van der Waals surface area contributed by atoms with Crippen LogP contribution in [-0.4, -0.2) is 39.6 Å². The molecule has 4 nitrogen and oxygen atoms in total. The zero-order valence-corrected chi connectivity index (χ0v) is 12.5. The highest BCUT2D eigenvalue weighted by Gasteiger charge is 2.24. The third-order valence-electron chi connectivity index (χ3n) is 3.87. The van der Waals surface area contributed by atoms with E-state index in [9.17, 15) is 4.79 Å². The van der Waals surface area contributed by atoms with Gasteiger partial charge in [0.1, 0.15) is 0 Å². The molecule has 1 atom stereocenters. The number of likely N-dealkylation sites (tertiary alicyclic amines) is 1. The van der Waals surface area contributed by atoms with Crippen molar-refractivity contribution in [2.24, 2.45) is 5.92 Å². The van der Waals surface area contributed by atoms with Crippen LogP contribution >= 0.6 is 11.6 Å². The minimum Gasteiger partial charge on any atom is -0.338 e. The van der Waals surface area contributed by atoms with Gasteiger partial charge in [-0.1, -0.05) is 18.2 Å². The molecule has 110 valence electrons. The lowest BCUT2D eigenvalue weighted by Gasteiger charge is -2.31. The van der Waals surface area contributed by atoms with Crippen LogP contribution in [0.2, 0.25) is 0 Å². The molecule has 5 heteroatoms. The summed E-state index contributed by atoms with van der Waals surface area (Å²) in [5, 5.41) is 4.28. The smallest absolute Gasteiger partial charge is 0.257 e. The molecule has 2 aromatic rings. The molecule has 0 N–H and O–H groups in total. The largest absolute Gasteiger partial charge is 0.338 e. The molecule has 21 heavy (non-hydrogen) atoms. The van der Waals surface area contributed by atoms with Gasteiger partial charge < -0.3 is 4.90 Å². The molecule has 3 rings (SSSR count). The molecule has 1 saturated heterocycles. The summed E-state index contributed by atoms with van der Waals surface area (Å²) in [6, 6.07) is 9.79. The van der Waals surface area contributed by atoms with Crippen molar-refractivity contribution in [2.45, 2.75) is 12.8 Å². The van der Waals surface area contributed by atoms with Crippen molar-refractivity contribution < 1.29 is 4.79 Å². The highest BCUT2D eigenvalue weighted by atomic mass is 35.5. The van der Waals surface area contributed by atoms with Crippen LogP contribution in [0.15, 0.2) is 42.7 Å². The third kappa shape index (κ3) is 3.10. The lowest BCUT2D eigenvalue weighted by Crippen LogP contribution is -2.40. The van der Waals surface area contributed by atoms with Crippen molar-refractivity contribution >= 4 is 17.5 Å². The fraction of sp³-hybridized carbons (Fsp3) is 0.375. The van der Waals surface area contributed by atoms with Crippen LogP contribution in [0.1, 0.15) is 23.2 Å². The van der Waals surface area contributed by atoms with Crippen molar-refractivity contribution in [1.82, 2.24) is 14.7 Å². The summed E-state index contributed by atoms with van der Waals surface area (Å²) < 4.78 is 1.73. The number of alkyl halides is 1. The minimum absolute atomic E-state index is 0.0481. The highest BCUT2D eigenvalue weighted by molar-refractivity contribution is 6.18. The molecule has 1 aromatic carbocycles. The molecule has 1 aromatic heterocycles. The van der Waals surface area contributed by atoms with Gasteiger partial charge in [-0.05, 0) is 30.9 Å². The van der Waals surface area contributed by atoms with Crippen LogP contribution < -0.4 is 0 Å². The van der Waals surface area contributed by atoms with Gasteiger partial charge in [0.15, 0.2) is 0 Å². The van der Waals surface area contributed by atoms with Gasteiger partial charge in [0, 0.05) is 25.2 Å². The van der Waals surface area contributed by atoms with E-state index in [1.807, 2.05) is 35.2 Å². The Morgan fingerprint density at radius 1 is 1.33 bits per heavy atom. The van der Waals surface area contributed by atoms with Gasteiger partial charge in [0.05, 0.1) is 17.4 Å². The summed E-state index contributed by atoms with van der Waals surface area (Å²) in [6.07, 6.45) is 5.56. The SMILES string of the molecule is O=C(c1cnn(-c2ccccc2)c1)N1CCCC(CCl)C1. The number of piperidine rings is 1. The van der Waals surface area contributed by atoms with Crippen LogP contribution in [-0.2, 0) is 0 Å². The first-order valence-electron chi connectivity index (χ1n) is 7.23. The molecule has 0 saturated carbocycles. The average molecular weight is 304 g/mol. The fourth-order valence-corrected chi connectivity index (χ4v) is 2.97. The van der Waals surface area contributed by atoms with Crippen LogP contribution in [0.3, 0.4) is 0 Å². The van der Waals surface area contributed by atoms with Gasteiger partial charge in [-0.15, -0.1) is 11.6 Å². The standard InChI is InChI=1S/C16H18ClN3O/c17-9-13-5-4-8-19(11-13)16(21)14-10-18-20(12-14)15-6-2-1-3-7-15/h1-3,6-7,10,12-13H,4-5,8-9,11H2. The molecule has 1 aliphatic heterocycles. The second-order valence-electron chi connectivity index (χ2n) is 5.42. The third-order valence-corrected chi connectivity index (χ3v) is 4.31. The normalized spacial score (nSPS) is 18.7. The van der Waals surface area contributed by atoms with Crippen molar-refractivity contribution in [1.29, 1.82) is 0 Å². The van der Waals surface area contributed by atoms with Crippen LogP contribution in [0.4, 0.5) is 0 Å². The number of halogens is 1. The fourth-order valence-electron chi connectivity index (χ4n) is 2.71. The van der Waals surface area contributed by atoms with E-state index in [1.165, 1.54) is 0 Å². The second-order valence-corrected chi connectivity index (χ2v) is 5.73. The second kappa shape index (κ2) is 6.31. The first-order valence-corrected chi connectivity index (χ1v) is 7.76. The molecule has 1 amide bonds. The van der Waals surface area contributed by atoms with Crippen LogP contribution in [0, 0.1) is 5.92 Å².